The third-order valence-corrected chi connectivity index (χ3v) is 3.18. The summed E-state index contributed by atoms with van der Waals surface area (Å²) >= 11 is 0. The normalized spacial score (nSPS) is 19.7. The molecule has 6 nitrogen and oxygen atoms in total. The largest absolute Gasteiger partial charge is 0.496 e. The summed E-state index contributed by atoms with van der Waals surface area (Å²) in [6, 6.07) is 5.01. The zero-order chi connectivity index (χ0) is 13.1. The number of piperidine rings is 1. The highest BCUT2D eigenvalue weighted by Gasteiger charge is 2.24. The van der Waals surface area contributed by atoms with Crippen molar-refractivity contribution < 1.29 is 9.66 Å². The van der Waals surface area contributed by atoms with Gasteiger partial charge in [-0.05, 0) is 25.0 Å². The summed E-state index contributed by atoms with van der Waals surface area (Å²) < 4.78 is 5.02. The van der Waals surface area contributed by atoms with Crippen LogP contribution in [0.5, 0.6) is 5.75 Å². The Labute approximate surface area is 105 Å². The van der Waals surface area contributed by atoms with Crippen molar-refractivity contribution in [2.75, 3.05) is 25.1 Å². The van der Waals surface area contributed by atoms with E-state index in [1.807, 2.05) is 4.90 Å². The molecule has 0 aromatic heterocycles. The van der Waals surface area contributed by atoms with Crippen LogP contribution in [-0.4, -0.2) is 31.2 Å². The Morgan fingerprint density at radius 3 is 2.94 bits per heavy atom. The van der Waals surface area contributed by atoms with E-state index < -0.39 is 0 Å². The predicted molar refractivity (Wildman–Crippen MR) is 69.1 cm³/mol. The van der Waals surface area contributed by atoms with Gasteiger partial charge in [-0.25, -0.2) is 0 Å². The van der Waals surface area contributed by atoms with Gasteiger partial charge in [0.2, 0.25) is 0 Å². The van der Waals surface area contributed by atoms with Gasteiger partial charge >= 0.3 is 0 Å². The molecule has 0 radical (unpaired) electrons. The molecule has 0 saturated carbocycles. The molecular weight excluding hydrogens is 234 g/mol. The first kappa shape index (κ1) is 12.6. The van der Waals surface area contributed by atoms with Crippen LogP contribution in [0.15, 0.2) is 18.2 Å². The van der Waals surface area contributed by atoms with Crippen molar-refractivity contribution in [1.29, 1.82) is 0 Å². The van der Waals surface area contributed by atoms with Crippen LogP contribution in [0.1, 0.15) is 12.8 Å². The van der Waals surface area contributed by atoms with E-state index in [1.54, 1.807) is 12.1 Å². The number of methoxy groups -OCH3 is 1. The van der Waals surface area contributed by atoms with Crippen LogP contribution >= 0.6 is 0 Å². The number of hydrogen-bond donors (Lipinski definition) is 1. The molecule has 0 amide bonds. The number of benzene rings is 1. The van der Waals surface area contributed by atoms with E-state index in [9.17, 15) is 10.1 Å². The average Bonchev–Trinajstić information content (AvgIpc) is 2.38. The predicted octanol–water partition coefficient (Wildman–Crippen LogP) is 1.53. The fraction of sp³-hybridized carbons (Fsp3) is 0.500. The van der Waals surface area contributed by atoms with Crippen molar-refractivity contribution >= 4 is 11.4 Å². The van der Waals surface area contributed by atoms with Crippen LogP contribution in [0.3, 0.4) is 0 Å². The number of rotatable bonds is 3. The van der Waals surface area contributed by atoms with Crippen molar-refractivity contribution in [3.8, 4) is 5.75 Å². The molecule has 1 aromatic carbocycles. The first-order valence-corrected chi connectivity index (χ1v) is 5.95. The number of nitrogens with zero attached hydrogens (tertiary/aromatic N) is 2. The molecule has 1 unspecified atom stereocenters. The van der Waals surface area contributed by atoms with Crippen molar-refractivity contribution in [3.05, 3.63) is 28.3 Å². The van der Waals surface area contributed by atoms with Gasteiger partial charge in [-0.2, -0.15) is 0 Å². The molecule has 0 aliphatic carbocycles. The molecule has 1 fully saturated rings. The lowest BCUT2D eigenvalue weighted by Crippen LogP contribution is -2.43. The lowest BCUT2D eigenvalue weighted by molar-refractivity contribution is -0.384. The molecule has 98 valence electrons. The minimum Gasteiger partial charge on any atom is -0.496 e. The fourth-order valence-corrected chi connectivity index (χ4v) is 2.27. The van der Waals surface area contributed by atoms with E-state index in [4.69, 9.17) is 10.5 Å². The second-order valence-corrected chi connectivity index (χ2v) is 4.46. The lowest BCUT2D eigenvalue weighted by Gasteiger charge is -2.32. The zero-order valence-corrected chi connectivity index (χ0v) is 10.3. The Morgan fingerprint density at radius 1 is 1.56 bits per heavy atom. The summed E-state index contributed by atoms with van der Waals surface area (Å²) in [4.78, 5) is 12.7. The number of anilines is 1. The molecule has 6 heteroatoms. The Morgan fingerprint density at radius 2 is 2.33 bits per heavy atom. The number of nitrogens with two attached hydrogens (primary N) is 1. The van der Waals surface area contributed by atoms with Gasteiger partial charge in [-0.3, -0.25) is 10.1 Å². The summed E-state index contributed by atoms with van der Waals surface area (Å²) in [7, 11) is 1.50. The van der Waals surface area contributed by atoms with Gasteiger partial charge in [0.1, 0.15) is 11.4 Å². The second-order valence-electron chi connectivity index (χ2n) is 4.46. The van der Waals surface area contributed by atoms with Crippen LogP contribution in [-0.2, 0) is 0 Å². The molecule has 2 N–H and O–H groups in total. The van der Waals surface area contributed by atoms with Crippen molar-refractivity contribution in [3.63, 3.8) is 0 Å². The Kier molecular flexibility index (Phi) is 3.66. The quantitative estimate of drug-likeness (QED) is 0.650. The van der Waals surface area contributed by atoms with Crippen molar-refractivity contribution in [2.45, 2.75) is 18.9 Å². The fourth-order valence-electron chi connectivity index (χ4n) is 2.27. The highest BCUT2D eigenvalue weighted by molar-refractivity contribution is 5.65. The standard InChI is InChI=1S/C12H17N3O3/c1-18-10-4-5-11(12(7-10)15(16)17)14-6-2-3-9(13)8-14/h4-5,7,9H,2-3,6,8,13H2,1H3. The summed E-state index contributed by atoms with van der Waals surface area (Å²) in [5.41, 5.74) is 6.60. The first-order chi connectivity index (χ1) is 8.61. The summed E-state index contributed by atoms with van der Waals surface area (Å²) in [5.74, 6) is 0.492. The van der Waals surface area contributed by atoms with E-state index >= 15 is 0 Å². The molecule has 1 aliphatic rings. The SMILES string of the molecule is COc1ccc(N2CCCC(N)C2)c([N+](=O)[O-])c1. The third-order valence-electron chi connectivity index (χ3n) is 3.18. The topological polar surface area (TPSA) is 81.6 Å². The van der Waals surface area contributed by atoms with Gasteiger partial charge in [-0.15, -0.1) is 0 Å². The Bertz CT molecular complexity index is 450. The molecule has 1 heterocycles. The van der Waals surface area contributed by atoms with E-state index in [2.05, 4.69) is 0 Å². The molecule has 2 rings (SSSR count). The maximum Gasteiger partial charge on any atom is 0.296 e. The van der Waals surface area contributed by atoms with E-state index in [0.717, 1.165) is 19.4 Å². The summed E-state index contributed by atoms with van der Waals surface area (Å²) in [6.07, 6.45) is 1.94. The second kappa shape index (κ2) is 5.22. The maximum atomic E-state index is 11.1. The number of hydrogen-bond acceptors (Lipinski definition) is 5. The molecular formula is C12H17N3O3. The number of nitro benzene ring substituents is 1. The number of ether oxygens (including phenoxy) is 1. The van der Waals surface area contributed by atoms with Crippen LogP contribution < -0.4 is 15.4 Å². The highest BCUT2D eigenvalue weighted by atomic mass is 16.6. The van der Waals surface area contributed by atoms with Gasteiger partial charge in [-0.1, -0.05) is 0 Å². The summed E-state index contributed by atoms with van der Waals surface area (Å²) in [5, 5.41) is 11.1. The minimum atomic E-state index is -0.377. The van der Waals surface area contributed by atoms with Gasteiger partial charge in [0.25, 0.3) is 5.69 Å². The highest BCUT2D eigenvalue weighted by Crippen LogP contribution is 2.33. The maximum absolute atomic E-state index is 11.1. The van der Waals surface area contributed by atoms with E-state index in [0.29, 0.717) is 18.0 Å². The Balaban J connectivity index is 2.33. The van der Waals surface area contributed by atoms with Gasteiger partial charge < -0.3 is 15.4 Å². The van der Waals surface area contributed by atoms with Gasteiger partial charge in [0, 0.05) is 19.1 Å². The van der Waals surface area contributed by atoms with Gasteiger partial charge in [0.05, 0.1) is 18.1 Å². The first-order valence-electron chi connectivity index (χ1n) is 5.95. The van der Waals surface area contributed by atoms with Crippen LogP contribution in [0, 0.1) is 10.1 Å². The zero-order valence-electron chi connectivity index (χ0n) is 10.3. The van der Waals surface area contributed by atoms with Crippen LogP contribution in [0.4, 0.5) is 11.4 Å². The average molecular weight is 251 g/mol. The molecule has 1 atom stereocenters. The smallest absolute Gasteiger partial charge is 0.296 e. The molecule has 18 heavy (non-hydrogen) atoms. The molecule has 1 aromatic rings. The molecule has 0 bridgehead atoms. The van der Waals surface area contributed by atoms with E-state index in [1.165, 1.54) is 13.2 Å². The van der Waals surface area contributed by atoms with Crippen LogP contribution in [0.25, 0.3) is 0 Å². The van der Waals surface area contributed by atoms with E-state index in [-0.39, 0.29) is 16.7 Å². The van der Waals surface area contributed by atoms with Crippen LogP contribution in [0.2, 0.25) is 0 Å². The Hall–Kier alpha value is -1.82. The van der Waals surface area contributed by atoms with Crippen molar-refractivity contribution in [1.82, 2.24) is 0 Å². The van der Waals surface area contributed by atoms with Crippen molar-refractivity contribution in [2.24, 2.45) is 5.73 Å². The monoisotopic (exact) mass is 251 g/mol. The molecule has 1 saturated heterocycles. The lowest BCUT2D eigenvalue weighted by atomic mass is 10.1. The summed E-state index contributed by atoms with van der Waals surface area (Å²) in [6.45, 7) is 1.47. The number of nitro groups is 1. The van der Waals surface area contributed by atoms with Gasteiger partial charge in [0.15, 0.2) is 0 Å². The third kappa shape index (κ3) is 2.53. The molecule has 0 spiro atoms. The molecule has 1 aliphatic heterocycles. The minimum absolute atomic E-state index is 0.0726.